The molecule has 2 rings (SSSR count). The third-order valence-electron chi connectivity index (χ3n) is 2.68. The highest BCUT2D eigenvalue weighted by atomic mass is 32.2. The van der Waals surface area contributed by atoms with Gasteiger partial charge in [-0.3, -0.25) is 0 Å². The van der Waals surface area contributed by atoms with Crippen LogP contribution in [0, 0.1) is 11.3 Å². The van der Waals surface area contributed by atoms with E-state index >= 15 is 0 Å². The van der Waals surface area contributed by atoms with Gasteiger partial charge in [0.1, 0.15) is 22.5 Å². The van der Waals surface area contributed by atoms with Crippen molar-refractivity contribution in [2.24, 2.45) is 0 Å². The Balaban J connectivity index is 2.48. The van der Waals surface area contributed by atoms with E-state index in [2.05, 4.69) is 9.97 Å². The molecule has 0 saturated carbocycles. The van der Waals surface area contributed by atoms with Crippen molar-refractivity contribution in [3.05, 3.63) is 35.4 Å². The lowest BCUT2D eigenvalue weighted by molar-refractivity contribution is -0.137. The molecule has 0 aliphatic carbocycles. The summed E-state index contributed by atoms with van der Waals surface area (Å²) in [7, 11) is 0. The van der Waals surface area contributed by atoms with Crippen LogP contribution in [-0.4, -0.2) is 16.2 Å². The molecule has 0 aliphatic rings. The average molecular weight is 310 g/mol. The third-order valence-corrected chi connectivity index (χ3v) is 3.36. The molecule has 8 heteroatoms. The minimum atomic E-state index is -4.40. The average Bonchev–Trinajstić information content (AvgIpc) is 2.45. The van der Waals surface area contributed by atoms with Gasteiger partial charge in [-0.2, -0.15) is 18.4 Å². The lowest BCUT2D eigenvalue weighted by Gasteiger charge is -2.09. The zero-order valence-corrected chi connectivity index (χ0v) is 11.6. The van der Waals surface area contributed by atoms with Crippen LogP contribution in [0.25, 0.3) is 11.4 Å². The van der Waals surface area contributed by atoms with Crippen LogP contribution in [0.2, 0.25) is 0 Å². The minimum Gasteiger partial charge on any atom is -0.382 e. The summed E-state index contributed by atoms with van der Waals surface area (Å²) >= 11 is 1.22. The first-order valence-electron chi connectivity index (χ1n) is 5.66. The maximum Gasteiger partial charge on any atom is 0.416 e. The smallest absolute Gasteiger partial charge is 0.382 e. The van der Waals surface area contributed by atoms with Crippen molar-refractivity contribution in [1.82, 2.24) is 9.97 Å². The topological polar surface area (TPSA) is 75.6 Å². The highest BCUT2D eigenvalue weighted by Crippen LogP contribution is 2.31. The molecule has 1 aromatic heterocycles. The molecule has 0 amide bonds. The third kappa shape index (κ3) is 3.08. The molecule has 0 unspecified atom stereocenters. The Kier molecular flexibility index (Phi) is 4.04. The highest BCUT2D eigenvalue weighted by Gasteiger charge is 2.30. The van der Waals surface area contributed by atoms with E-state index in [1.54, 1.807) is 6.26 Å². The molecule has 4 nitrogen and oxygen atoms in total. The summed E-state index contributed by atoms with van der Waals surface area (Å²) in [5.74, 6) is 0.191. The summed E-state index contributed by atoms with van der Waals surface area (Å²) in [4.78, 5) is 8.12. The second-order valence-corrected chi connectivity index (χ2v) is 4.80. The molecule has 0 fully saturated rings. The molecular formula is C13H9F3N4S. The van der Waals surface area contributed by atoms with Crippen molar-refractivity contribution in [1.29, 1.82) is 5.26 Å². The molecule has 0 saturated heterocycles. The van der Waals surface area contributed by atoms with Gasteiger partial charge in [-0.1, -0.05) is 12.1 Å². The molecule has 1 aromatic carbocycles. The number of anilines is 1. The maximum atomic E-state index is 12.5. The largest absolute Gasteiger partial charge is 0.416 e. The number of aromatic nitrogens is 2. The maximum absolute atomic E-state index is 12.5. The standard InChI is InChI=1S/C13H9F3N4S/c1-21-12-9(6-17)10(18)19-11(20-12)7-2-4-8(5-3-7)13(14,15)16/h2-5H,1H3,(H2,18,19,20). The Morgan fingerprint density at radius 2 is 1.81 bits per heavy atom. The minimum absolute atomic E-state index is 0.00625. The van der Waals surface area contributed by atoms with E-state index in [-0.39, 0.29) is 17.2 Å². The summed E-state index contributed by atoms with van der Waals surface area (Å²) in [6.45, 7) is 0. The lowest BCUT2D eigenvalue weighted by atomic mass is 10.1. The molecule has 108 valence electrons. The molecule has 2 aromatic rings. The van der Waals surface area contributed by atoms with Crippen LogP contribution in [0.15, 0.2) is 29.3 Å². The Hall–Kier alpha value is -2.27. The normalized spacial score (nSPS) is 11.2. The summed E-state index contributed by atoms with van der Waals surface area (Å²) in [5.41, 5.74) is 5.49. The van der Waals surface area contributed by atoms with Gasteiger partial charge in [-0.05, 0) is 18.4 Å². The van der Waals surface area contributed by atoms with Gasteiger partial charge in [0.15, 0.2) is 5.82 Å². The van der Waals surface area contributed by atoms with Crippen LogP contribution in [0.5, 0.6) is 0 Å². The number of benzene rings is 1. The number of nitrogens with zero attached hydrogens (tertiary/aromatic N) is 3. The number of hydrogen-bond donors (Lipinski definition) is 1. The fraction of sp³-hybridized carbons (Fsp3) is 0.154. The highest BCUT2D eigenvalue weighted by molar-refractivity contribution is 7.98. The van der Waals surface area contributed by atoms with Gasteiger partial charge in [0.05, 0.1) is 5.56 Å². The van der Waals surface area contributed by atoms with Crippen LogP contribution in [-0.2, 0) is 6.18 Å². The number of hydrogen-bond acceptors (Lipinski definition) is 5. The van der Waals surface area contributed by atoms with Crippen molar-refractivity contribution < 1.29 is 13.2 Å². The van der Waals surface area contributed by atoms with E-state index in [4.69, 9.17) is 11.0 Å². The van der Waals surface area contributed by atoms with Gasteiger partial charge in [0, 0.05) is 5.56 Å². The van der Waals surface area contributed by atoms with E-state index in [0.717, 1.165) is 12.1 Å². The molecule has 0 atom stereocenters. The SMILES string of the molecule is CSc1nc(-c2ccc(C(F)(F)F)cc2)nc(N)c1C#N. The zero-order chi connectivity index (χ0) is 15.6. The molecule has 0 spiro atoms. The zero-order valence-electron chi connectivity index (χ0n) is 10.8. The number of thioether (sulfide) groups is 1. The Bertz CT molecular complexity index is 705. The number of nitrogens with two attached hydrogens (primary N) is 1. The van der Waals surface area contributed by atoms with E-state index < -0.39 is 11.7 Å². The van der Waals surface area contributed by atoms with Crippen LogP contribution in [0.1, 0.15) is 11.1 Å². The van der Waals surface area contributed by atoms with Crippen LogP contribution < -0.4 is 5.73 Å². The second kappa shape index (κ2) is 5.61. The molecule has 0 bridgehead atoms. The fourth-order valence-corrected chi connectivity index (χ4v) is 2.18. The quantitative estimate of drug-likeness (QED) is 0.680. The first-order valence-corrected chi connectivity index (χ1v) is 6.88. The molecular weight excluding hydrogens is 301 g/mol. The van der Waals surface area contributed by atoms with Gasteiger partial charge in [0.25, 0.3) is 0 Å². The number of rotatable bonds is 2. The Morgan fingerprint density at radius 1 is 1.19 bits per heavy atom. The predicted molar refractivity (Wildman–Crippen MR) is 73.4 cm³/mol. The van der Waals surface area contributed by atoms with E-state index in [0.29, 0.717) is 10.6 Å². The van der Waals surface area contributed by atoms with Crippen molar-refractivity contribution >= 4 is 17.6 Å². The summed E-state index contributed by atoms with van der Waals surface area (Å²) in [6.07, 6.45) is -2.67. The second-order valence-electron chi connectivity index (χ2n) is 4.00. The van der Waals surface area contributed by atoms with Gasteiger partial charge in [-0.15, -0.1) is 11.8 Å². The molecule has 0 radical (unpaired) electrons. The van der Waals surface area contributed by atoms with Crippen molar-refractivity contribution in [3.63, 3.8) is 0 Å². The van der Waals surface area contributed by atoms with Crippen molar-refractivity contribution in [3.8, 4) is 17.5 Å². The molecule has 21 heavy (non-hydrogen) atoms. The fourth-order valence-electron chi connectivity index (χ4n) is 1.65. The molecule has 1 heterocycles. The lowest BCUT2D eigenvalue weighted by Crippen LogP contribution is -2.05. The van der Waals surface area contributed by atoms with E-state index in [1.165, 1.54) is 23.9 Å². The van der Waals surface area contributed by atoms with E-state index in [1.807, 2.05) is 6.07 Å². The number of nitriles is 1. The first-order chi connectivity index (χ1) is 9.86. The Morgan fingerprint density at radius 3 is 2.29 bits per heavy atom. The summed E-state index contributed by atoms with van der Waals surface area (Å²) in [5, 5.41) is 9.36. The van der Waals surface area contributed by atoms with Crippen LogP contribution >= 0.6 is 11.8 Å². The van der Waals surface area contributed by atoms with Crippen molar-refractivity contribution in [2.75, 3.05) is 12.0 Å². The number of nitrogen functional groups attached to an aromatic ring is 1. The van der Waals surface area contributed by atoms with Crippen molar-refractivity contribution in [2.45, 2.75) is 11.2 Å². The van der Waals surface area contributed by atoms with E-state index in [9.17, 15) is 13.2 Å². The van der Waals surface area contributed by atoms with Gasteiger partial charge in [0.2, 0.25) is 0 Å². The summed E-state index contributed by atoms with van der Waals surface area (Å²) < 4.78 is 37.5. The number of alkyl halides is 3. The first kappa shape index (κ1) is 15.1. The molecule has 2 N–H and O–H groups in total. The predicted octanol–water partition coefficient (Wildman–Crippen LogP) is 3.34. The van der Waals surface area contributed by atoms with Gasteiger partial charge >= 0.3 is 6.18 Å². The van der Waals surface area contributed by atoms with Crippen LogP contribution in [0.3, 0.4) is 0 Å². The number of halogens is 3. The monoisotopic (exact) mass is 310 g/mol. The summed E-state index contributed by atoms with van der Waals surface area (Å²) in [6, 6.07) is 6.35. The molecule has 0 aliphatic heterocycles. The van der Waals surface area contributed by atoms with Gasteiger partial charge in [-0.25, -0.2) is 9.97 Å². The van der Waals surface area contributed by atoms with Crippen LogP contribution in [0.4, 0.5) is 19.0 Å². The Labute approximate surface area is 122 Å². The van der Waals surface area contributed by atoms with Gasteiger partial charge < -0.3 is 5.73 Å².